The second-order valence-corrected chi connectivity index (χ2v) is 5.34. The predicted molar refractivity (Wildman–Crippen MR) is 93.9 cm³/mol. The third-order valence-electron chi connectivity index (χ3n) is 3.85. The molecule has 4 rings (SSSR count). The topological polar surface area (TPSA) is 26.0 Å². The number of para-hydroxylation sites is 1. The Kier molecular flexibility index (Phi) is 3.49. The van der Waals surface area contributed by atoms with Gasteiger partial charge in [0.25, 0.3) is 0 Å². The Morgan fingerprint density at radius 2 is 1.52 bits per heavy atom. The number of oxazole rings is 1. The number of hydrogen-bond donors (Lipinski definition) is 0. The number of fused-ring (bicyclic) bond motifs is 1. The quantitative estimate of drug-likeness (QED) is 0.472. The van der Waals surface area contributed by atoms with Crippen LogP contribution in [0.25, 0.3) is 22.7 Å². The fourth-order valence-corrected chi connectivity index (χ4v) is 2.75. The zero-order valence-electron chi connectivity index (χ0n) is 12.5. The number of rotatable bonds is 3. The van der Waals surface area contributed by atoms with Crippen LogP contribution in [0.2, 0.25) is 0 Å². The summed E-state index contributed by atoms with van der Waals surface area (Å²) in [5.41, 5.74) is 6.22. The van der Waals surface area contributed by atoms with Crippen molar-refractivity contribution in [3.8, 4) is 0 Å². The molecular formula is C21H15NO. The van der Waals surface area contributed by atoms with Gasteiger partial charge >= 0.3 is 0 Å². The van der Waals surface area contributed by atoms with Crippen molar-refractivity contribution in [2.75, 3.05) is 0 Å². The first-order chi connectivity index (χ1) is 11.4. The zero-order valence-corrected chi connectivity index (χ0v) is 12.5. The molecular weight excluding hydrogens is 282 g/mol. The second-order valence-electron chi connectivity index (χ2n) is 5.34. The van der Waals surface area contributed by atoms with Crippen molar-refractivity contribution in [2.24, 2.45) is 0 Å². The molecule has 0 fully saturated rings. The van der Waals surface area contributed by atoms with Crippen molar-refractivity contribution in [2.45, 2.75) is 0 Å². The molecule has 23 heavy (non-hydrogen) atoms. The van der Waals surface area contributed by atoms with Gasteiger partial charge in [-0.3, -0.25) is 0 Å². The highest BCUT2D eigenvalue weighted by Gasteiger charge is 2.11. The summed E-state index contributed by atoms with van der Waals surface area (Å²) in [5, 5.41) is 0. The summed E-state index contributed by atoms with van der Waals surface area (Å²) >= 11 is 0. The van der Waals surface area contributed by atoms with Crippen molar-refractivity contribution in [1.82, 2.24) is 4.98 Å². The van der Waals surface area contributed by atoms with Gasteiger partial charge in [0.2, 0.25) is 0 Å². The maximum absolute atomic E-state index is 5.46. The summed E-state index contributed by atoms with van der Waals surface area (Å²) < 4.78 is 5.46. The molecule has 2 nitrogen and oxygen atoms in total. The third-order valence-corrected chi connectivity index (χ3v) is 3.85. The maximum Gasteiger partial charge on any atom is 0.182 e. The Morgan fingerprint density at radius 1 is 0.783 bits per heavy atom. The highest BCUT2D eigenvalue weighted by atomic mass is 16.3. The first kappa shape index (κ1) is 13.5. The Balaban J connectivity index is 1.96. The van der Waals surface area contributed by atoms with Gasteiger partial charge in [-0.15, -0.1) is 0 Å². The van der Waals surface area contributed by atoms with E-state index in [2.05, 4.69) is 53.5 Å². The van der Waals surface area contributed by atoms with Crippen molar-refractivity contribution in [3.63, 3.8) is 0 Å². The molecule has 4 aromatic rings. The molecule has 2 heteroatoms. The molecule has 0 saturated carbocycles. The van der Waals surface area contributed by atoms with E-state index in [0.717, 1.165) is 33.4 Å². The average Bonchev–Trinajstić information content (AvgIpc) is 3.10. The summed E-state index contributed by atoms with van der Waals surface area (Å²) in [5.74, 6) is 0. The lowest BCUT2D eigenvalue weighted by molar-refractivity contribution is 0.602. The number of aromatic nitrogens is 1. The molecule has 0 bridgehead atoms. The number of nitrogens with zero attached hydrogens (tertiary/aromatic N) is 1. The normalized spacial score (nSPS) is 11.7. The predicted octanol–water partition coefficient (Wildman–Crippen LogP) is 5.42. The molecule has 3 aromatic carbocycles. The largest absolute Gasteiger partial charge is 0.443 e. The van der Waals surface area contributed by atoms with Crippen LogP contribution in [0.15, 0.2) is 89.7 Å². The van der Waals surface area contributed by atoms with Crippen LogP contribution in [0.5, 0.6) is 0 Å². The molecule has 0 N–H and O–H groups in total. The van der Waals surface area contributed by atoms with Crippen LogP contribution >= 0.6 is 0 Å². The van der Waals surface area contributed by atoms with E-state index >= 15 is 0 Å². The molecule has 0 saturated heterocycles. The van der Waals surface area contributed by atoms with Gasteiger partial charge in [-0.2, -0.15) is 0 Å². The van der Waals surface area contributed by atoms with E-state index in [9.17, 15) is 0 Å². The lowest BCUT2D eigenvalue weighted by Gasteiger charge is -2.09. The Labute approximate surface area is 134 Å². The fourth-order valence-electron chi connectivity index (χ4n) is 2.75. The lowest BCUT2D eigenvalue weighted by Crippen LogP contribution is -1.90. The summed E-state index contributed by atoms with van der Waals surface area (Å²) in [6.45, 7) is 0. The molecule has 110 valence electrons. The molecule has 1 heterocycles. The van der Waals surface area contributed by atoms with E-state index in [1.807, 2.05) is 36.4 Å². The van der Waals surface area contributed by atoms with Gasteiger partial charge in [-0.25, -0.2) is 4.98 Å². The minimum atomic E-state index is 0.803. The van der Waals surface area contributed by atoms with Crippen LogP contribution in [0, 0.1) is 0 Å². The molecule has 0 atom stereocenters. The SMILES string of the molecule is C(=C(c1ccccc1)c1cccc2ocnc12)c1ccccc1. The van der Waals surface area contributed by atoms with Crippen LogP contribution in [0.1, 0.15) is 16.7 Å². The summed E-state index contributed by atoms with van der Waals surface area (Å²) in [7, 11) is 0. The smallest absolute Gasteiger partial charge is 0.182 e. The van der Waals surface area contributed by atoms with E-state index in [1.54, 1.807) is 0 Å². The number of benzene rings is 3. The zero-order chi connectivity index (χ0) is 15.5. The highest BCUT2D eigenvalue weighted by molar-refractivity contribution is 5.99. The maximum atomic E-state index is 5.46. The summed E-state index contributed by atoms with van der Waals surface area (Å²) in [6, 6.07) is 26.7. The molecule has 1 aromatic heterocycles. The van der Waals surface area contributed by atoms with E-state index in [1.165, 1.54) is 6.39 Å². The third kappa shape index (κ3) is 2.67. The molecule has 0 amide bonds. The lowest BCUT2D eigenvalue weighted by atomic mass is 9.95. The van der Waals surface area contributed by atoms with Crippen LogP contribution < -0.4 is 0 Å². The van der Waals surface area contributed by atoms with Gasteiger partial charge in [-0.1, -0.05) is 72.8 Å². The van der Waals surface area contributed by atoms with Gasteiger partial charge in [0, 0.05) is 5.56 Å². The van der Waals surface area contributed by atoms with Gasteiger partial charge in [0.15, 0.2) is 12.0 Å². The van der Waals surface area contributed by atoms with Crippen LogP contribution in [0.4, 0.5) is 0 Å². The minimum Gasteiger partial charge on any atom is -0.443 e. The van der Waals surface area contributed by atoms with Crippen molar-refractivity contribution in [3.05, 3.63) is 102 Å². The van der Waals surface area contributed by atoms with E-state index in [0.29, 0.717) is 0 Å². The van der Waals surface area contributed by atoms with Crippen LogP contribution in [-0.2, 0) is 0 Å². The first-order valence-electron chi connectivity index (χ1n) is 7.56. The van der Waals surface area contributed by atoms with Gasteiger partial charge < -0.3 is 4.42 Å². The van der Waals surface area contributed by atoms with E-state index in [4.69, 9.17) is 4.42 Å². The molecule has 0 radical (unpaired) electrons. The number of hydrogen-bond acceptors (Lipinski definition) is 2. The average molecular weight is 297 g/mol. The van der Waals surface area contributed by atoms with E-state index in [-0.39, 0.29) is 0 Å². The Morgan fingerprint density at radius 3 is 2.30 bits per heavy atom. The van der Waals surface area contributed by atoms with Crippen molar-refractivity contribution < 1.29 is 4.42 Å². The van der Waals surface area contributed by atoms with Crippen molar-refractivity contribution in [1.29, 1.82) is 0 Å². The van der Waals surface area contributed by atoms with Gasteiger partial charge in [-0.05, 0) is 28.8 Å². The summed E-state index contributed by atoms with van der Waals surface area (Å²) in [6.07, 6.45) is 3.69. The fraction of sp³-hybridized carbons (Fsp3) is 0. The monoisotopic (exact) mass is 297 g/mol. The molecule has 0 aliphatic carbocycles. The molecule has 0 aliphatic rings. The highest BCUT2D eigenvalue weighted by Crippen LogP contribution is 2.30. The van der Waals surface area contributed by atoms with E-state index < -0.39 is 0 Å². The Hall–Kier alpha value is -3.13. The first-order valence-corrected chi connectivity index (χ1v) is 7.56. The van der Waals surface area contributed by atoms with Gasteiger partial charge in [0.05, 0.1) is 0 Å². The Bertz CT molecular complexity index is 953. The van der Waals surface area contributed by atoms with Gasteiger partial charge in [0.1, 0.15) is 5.52 Å². The molecule has 0 spiro atoms. The minimum absolute atomic E-state index is 0.803. The second kappa shape index (κ2) is 5.93. The molecule has 0 aliphatic heterocycles. The van der Waals surface area contributed by atoms with Crippen LogP contribution in [-0.4, -0.2) is 4.98 Å². The van der Waals surface area contributed by atoms with Crippen LogP contribution in [0.3, 0.4) is 0 Å². The summed E-state index contributed by atoms with van der Waals surface area (Å²) in [4.78, 5) is 4.40. The molecule has 0 unspecified atom stereocenters. The van der Waals surface area contributed by atoms with Crippen molar-refractivity contribution >= 4 is 22.7 Å². The standard InChI is InChI=1S/C21H15NO/c1-3-8-16(9-4-1)14-19(17-10-5-2-6-11-17)18-12-7-13-20-21(18)22-15-23-20/h1-15H.